The van der Waals surface area contributed by atoms with Crippen LogP contribution in [0.4, 0.5) is 5.69 Å². The summed E-state index contributed by atoms with van der Waals surface area (Å²) in [5.41, 5.74) is 3.10. The zero-order valence-electron chi connectivity index (χ0n) is 13.3. The first-order chi connectivity index (χ1) is 12.1. The van der Waals surface area contributed by atoms with Gasteiger partial charge in [-0.2, -0.15) is 5.10 Å². The van der Waals surface area contributed by atoms with Gasteiger partial charge in [-0.15, -0.1) is 0 Å². The number of carbonyl (C=O) groups is 2. The minimum absolute atomic E-state index is 0.197. The van der Waals surface area contributed by atoms with E-state index in [1.807, 2.05) is 36.4 Å². The molecule has 0 spiro atoms. The van der Waals surface area contributed by atoms with Crippen molar-refractivity contribution in [2.75, 3.05) is 5.32 Å². The maximum atomic E-state index is 12.3. The Morgan fingerprint density at radius 2 is 1.64 bits per heavy atom. The highest BCUT2D eigenvalue weighted by molar-refractivity contribution is 6.03. The molecule has 0 unspecified atom stereocenters. The van der Waals surface area contributed by atoms with Gasteiger partial charge in [0.05, 0.1) is 0 Å². The van der Waals surface area contributed by atoms with E-state index in [-0.39, 0.29) is 12.2 Å². The lowest BCUT2D eigenvalue weighted by Gasteiger charge is -2.08. The van der Waals surface area contributed by atoms with Crippen molar-refractivity contribution in [3.63, 3.8) is 0 Å². The largest absolute Gasteiger partial charge is 0.480 e. The molecule has 0 aliphatic heterocycles. The summed E-state index contributed by atoms with van der Waals surface area (Å²) in [5, 5.41) is 15.4. The summed E-state index contributed by atoms with van der Waals surface area (Å²) in [6.07, 6.45) is 5.69. The second-order valence-corrected chi connectivity index (χ2v) is 5.45. The van der Waals surface area contributed by atoms with Gasteiger partial charge >= 0.3 is 5.97 Å². The van der Waals surface area contributed by atoms with E-state index < -0.39 is 11.9 Å². The number of aromatic nitrogens is 3. The molecule has 1 amide bonds. The van der Waals surface area contributed by atoms with Gasteiger partial charge in [0.25, 0.3) is 5.91 Å². The van der Waals surface area contributed by atoms with E-state index in [1.165, 1.54) is 12.3 Å². The normalized spacial score (nSPS) is 10.4. The Kier molecular flexibility index (Phi) is 4.84. The number of amides is 1. The van der Waals surface area contributed by atoms with Gasteiger partial charge in [-0.25, -0.2) is 4.68 Å². The van der Waals surface area contributed by atoms with Crippen molar-refractivity contribution in [1.29, 1.82) is 0 Å². The number of carboxylic acids is 1. The van der Waals surface area contributed by atoms with E-state index in [4.69, 9.17) is 5.11 Å². The van der Waals surface area contributed by atoms with Crippen molar-refractivity contribution < 1.29 is 14.7 Å². The summed E-state index contributed by atoms with van der Waals surface area (Å²) in [6.45, 7) is -0.360. The third kappa shape index (κ3) is 4.29. The lowest BCUT2D eigenvalue weighted by atomic mass is 10.1. The quantitative estimate of drug-likeness (QED) is 0.719. The molecule has 126 valence electrons. The second kappa shape index (κ2) is 7.39. The van der Waals surface area contributed by atoms with Gasteiger partial charge in [0.1, 0.15) is 12.2 Å². The second-order valence-electron chi connectivity index (χ2n) is 5.45. The molecule has 7 heteroatoms. The van der Waals surface area contributed by atoms with Gasteiger partial charge in [-0.05, 0) is 47.9 Å². The van der Waals surface area contributed by atoms with Crippen molar-refractivity contribution in [3.05, 3.63) is 77.9 Å². The summed E-state index contributed by atoms with van der Waals surface area (Å²) in [5.74, 6) is -1.46. The zero-order valence-corrected chi connectivity index (χ0v) is 13.3. The van der Waals surface area contributed by atoms with Crippen LogP contribution in [0.1, 0.15) is 21.6 Å². The average Bonchev–Trinajstić information content (AvgIpc) is 3.05. The van der Waals surface area contributed by atoms with Crippen molar-refractivity contribution in [2.24, 2.45) is 0 Å². The van der Waals surface area contributed by atoms with Crippen LogP contribution in [0.5, 0.6) is 0 Å². The van der Waals surface area contributed by atoms with Gasteiger partial charge < -0.3 is 10.4 Å². The Hall–Kier alpha value is -3.48. The molecule has 0 radical (unpaired) electrons. The predicted molar refractivity (Wildman–Crippen MR) is 91.3 cm³/mol. The van der Waals surface area contributed by atoms with Crippen LogP contribution < -0.4 is 5.32 Å². The fourth-order valence-electron chi connectivity index (χ4n) is 2.42. The summed E-state index contributed by atoms with van der Waals surface area (Å²) < 4.78 is 1.15. The predicted octanol–water partition coefficient (Wildman–Crippen LogP) is 2.21. The third-order valence-corrected chi connectivity index (χ3v) is 3.60. The van der Waals surface area contributed by atoms with Gasteiger partial charge in [0, 0.05) is 24.3 Å². The highest BCUT2D eigenvalue weighted by atomic mass is 16.4. The van der Waals surface area contributed by atoms with Gasteiger partial charge in [0.15, 0.2) is 0 Å². The molecule has 1 aromatic carbocycles. The molecule has 0 aliphatic rings. The first-order valence-electron chi connectivity index (χ1n) is 7.64. The number of carbonyl (C=O) groups excluding carboxylic acids is 1. The fourth-order valence-corrected chi connectivity index (χ4v) is 2.42. The van der Waals surface area contributed by atoms with Crippen LogP contribution in [0.15, 0.2) is 61.1 Å². The van der Waals surface area contributed by atoms with Gasteiger partial charge in [0.2, 0.25) is 0 Å². The molecule has 25 heavy (non-hydrogen) atoms. The van der Waals surface area contributed by atoms with E-state index in [9.17, 15) is 9.59 Å². The number of nitrogens with one attached hydrogen (secondary N) is 1. The van der Waals surface area contributed by atoms with E-state index in [1.54, 1.807) is 12.4 Å². The molecule has 2 heterocycles. The molecule has 0 saturated heterocycles. The number of carboxylic acid groups (broad SMARTS) is 1. The monoisotopic (exact) mass is 336 g/mol. The summed E-state index contributed by atoms with van der Waals surface area (Å²) >= 11 is 0. The summed E-state index contributed by atoms with van der Waals surface area (Å²) in [7, 11) is 0. The van der Waals surface area contributed by atoms with Crippen molar-refractivity contribution in [3.8, 4) is 0 Å². The van der Waals surface area contributed by atoms with Crippen molar-refractivity contribution in [2.45, 2.75) is 13.0 Å². The minimum atomic E-state index is -1.06. The number of hydrogen-bond acceptors (Lipinski definition) is 4. The number of benzene rings is 1. The van der Waals surface area contributed by atoms with Crippen LogP contribution in [0.3, 0.4) is 0 Å². The Balaban J connectivity index is 1.66. The SMILES string of the molecule is O=C(O)Cn1nccc1C(=O)Nc1ccc(Cc2ccncc2)cc1. The van der Waals surface area contributed by atoms with Gasteiger partial charge in [-0.1, -0.05) is 12.1 Å². The molecule has 0 saturated carbocycles. The number of rotatable bonds is 6. The summed E-state index contributed by atoms with van der Waals surface area (Å²) in [6, 6.07) is 12.9. The molecule has 3 aromatic rings. The number of hydrogen-bond donors (Lipinski definition) is 2. The van der Waals surface area contributed by atoms with Crippen molar-refractivity contribution >= 4 is 17.6 Å². The van der Waals surface area contributed by atoms with E-state index in [0.29, 0.717) is 5.69 Å². The van der Waals surface area contributed by atoms with Crippen LogP contribution in [-0.2, 0) is 17.8 Å². The molecular weight excluding hydrogens is 320 g/mol. The molecule has 2 aromatic heterocycles. The molecule has 3 rings (SSSR count). The molecule has 0 aliphatic carbocycles. The smallest absolute Gasteiger partial charge is 0.325 e. The standard InChI is InChI=1S/C18H16N4O3/c23-17(24)12-22-16(7-10-20-22)18(25)21-15-3-1-13(2-4-15)11-14-5-8-19-9-6-14/h1-10H,11-12H2,(H,21,25)(H,23,24). The Bertz CT molecular complexity index is 873. The van der Waals surface area contributed by atoms with Crippen molar-refractivity contribution in [1.82, 2.24) is 14.8 Å². The first-order valence-corrected chi connectivity index (χ1v) is 7.64. The third-order valence-electron chi connectivity index (χ3n) is 3.60. The van der Waals surface area contributed by atoms with Crippen LogP contribution >= 0.6 is 0 Å². The lowest BCUT2D eigenvalue weighted by Crippen LogP contribution is -2.20. The Labute approximate surface area is 143 Å². The lowest BCUT2D eigenvalue weighted by molar-refractivity contribution is -0.137. The minimum Gasteiger partial charge on any atom is -0.480 e. The Morgan fingerprint density at radius 3 is 2.32 bits per heavy atom. The maximum Gasteiger partial charge on any atom is 0.325 e. The number of nitrogens with zero attached hydrogens (tertiary/aromatic N) is 3. The zero-order chi connectivity index (χ0) is 17.6. The fraction of sp³-hybridized carbons (Fsp3) is 0.111. The van der Waals surface area contributed by atoms with Gasteiger partial charge in [-0.3, -0.25) is 14.6 Å². The highest BCUT2D eigenvalue weighted by Gasteiger charge is 2.14. The average molecular weight is 336 g/mol. The first kappa shape index (κ1) is 16.4. The Morgan fingerprint density at radius 1 is 0.960 bits per heavy atom. The van der Waals surface area contributed by atoms with Crippen LogP contribution in [0.25, 0.3) is 0 Å². The molecule has 0 fully saturated rings. The van der Waals surface area contributed by atoms with E-state index >= 15 is 0 Å². The molecule has 0 atom stereocenters. The number of anilines is 1. The van der Waals surface area contributed by atoms with Crippen LogP contribution in [-0.4, -0.2) is 31.7 Å². The molecule has 0 bridgehead atoms. The maximum absolute atomic E-state index is 12.3. The molecular formula is C18H16N4O3. The number of aliphatic carboxylic acids is 1. The topological polar surface area (TPSA) is 97.1 Å². The van der Waals surface area contributed by atoms with E-state index in [0.717, 1.165) is 22.2 Å². The highest BCUT2D eigenvalue weighted by Crippen LogP contribution is 2.14. The molecule has 7 nitrogen and oxygen atoms in total. The van der Waals surface area contributed by atoms with E-state index in [2.05, 4.69) is 15.4 Å². The number of pyridine rings is 1. The van der Waals surface area contributed by atoms with Crippen LogP contribution in [0, 0.1) is 0 Å². The molecule has 2 N–H and O–H groups in total. The summed E-state index contributed by atoms with van der Waals surface area (Å²) in [4.78, 5) is 27.1. The van der Waals surface area contributed by atoms with Crippen LogP contribution in [0.2, 0.25) is 0 Å².